The molecule has 4 rings (SSSR count). The van der Waals surface area contributed by atoms with Crippen molar-refractivity contribution in [3.8, 4) is 0 Å². The van der Waals surface area contributed by atoms with Crippen molar-refractivity contribution in [2.45, 2.75) is 226 Å². The lowest BCUT2D eigenvalue weighted by Gasteiger charge is -2.50. The topological polar surface area (TPSA) is 487 Å². The van der Waals surface area contributed by atoms with E-state index in [1.165, 1.54) is 51.0 Å². The Morgan fingerprint density at radius 2 is 1.03 bits per heavy atom. The molecular formula is C45H78N2O29S2-2. The van der Waals surface area contributed by atoms with E-state index < -0.39 is 195 Å². The molecule has 4 aliphatic rings. The molecule has 0 unspecified atom stereocenters. The average molecular weight is 1180 g/mol. The van der Waals surface area contributed by atoms with Crippen LogP contribution in [0.25, 0.3) is 0 Å². The summed E-state index contributed by atoms with van der Waals surface area (Å²) in [6.07, 6.45) is -24.7. The van der Waals surface area contributed by atoms with Gasteiger partial charge in [0, 0.05) is 6.92 Å². The molecule has 0 saturated carbocycles. The zero-order chi connectivity index (χ0) is 57.9. The maximum atomic E-state index is 12.6. The third kappa shape index (κ3) is 20.2. The maximum Gasteiger partial charge on any atom is 0.218 e. The van der Waals surface area contributed by atoms with Gasteiger partial charge in [-0.1, -0.05) is 83.3 Å². The molecule has 0 bridgehead atoms. The van der Waals surface area contributed by atoms with Crippen LogP contribution >= 0.6 is 0 Å². The van der Waals surface area contributed by atoms with E-state index in [1.807, 2.05) is 0 Å². The van der Waals surface area contributed by atoms with Crippen molar-refractivity contribution in [3.05, 3.63) is 12.2 Å². The fourth-order valence-electron chi connectivity index (χ4n) is 9.36. The highest BCUT2D eigenvalue weighted by Crippen LogP contribution is 2.36. The molecule has 0 aromatic heterocycles. The molecule has 4 heterocycles. The van der Waals surface area contributed by atoms with Crippen LogP contribution in [0.4, 0.5) is 0 Å². The van der Waals surface area contributed by atoms with Crippen LogP contribution in [0.1, 0.15) is 90.9 Å². The Morgan fingerprint density at radius 3 is 1.55 bits per heavy atom. The standard InChI is InChI=1S/C45H80N2O29S2/c1-3-4-5-6-7-8-9-10-11-12-13-14-15-16-25(54)24(46-22-52)21-67-43-34(58)33(57)37(28(19-50)70-43)72-45-36(60)41(76-78(64,65)66)38(29(20-51)71-45)73-42-30(47-23(2)53)39(31(55)26(17-48)68-42)74-44-35(59)40(75-77(61,62)63)32(56)27(18-49)69-44/h15-16,22,24-45,48-51,54-60H,3-14,17-21H2,1-2H3,(H,46,52)(H,47,53)(H,61,62,63)(H,64,65,66)/p-2/b16-15+/t24-,25+,26+,27+,28+,29+,30+,31-,32-,33+,34+,35+,36+,37+,38-,39+,40-,41+,42-,43+,44-,45-/m0/s1. The molecule has 0 aromatic rings. The van der Waals surface area contributed by atoms with E-state index in [0.29, 0.717) is 12.8 Å². The average Bonchev–Trinajstić information content (AvgIpc) is 3.45. The van der Waals surface area contributed by atoms with Crippen LogP contribution in [0.3, 0.4) is 0 Å². The van der Waals surface area contributed by atoms with Gasteiger partial charge in [0.15, 0.2) is 25.2 Å². The lowest BCUT2D eigenvalue weighted by molar-refractivity contribution is -0.378. The molecular weight excluding hydrogens is 1100 g/mol. The van der Waals surface area contributed by atoms with Crippen LogP contribution in [-0.4, -0.2) is 262 Å². The largest absolute Gasteiger partial charge is 0.726 e. The van der Waals surface area contributed by atoms with Crippen molar-refractivity contribution < 1.29 is 138 Å². The van der Waals surface area contributed by atoms with Gasteiger partial charge >= 0.3 is 0 Å². The predicted molar refractivity (Wildman–Crippen MR) is 256 cm³/mol. The maximum absolute atomic E-state index is 12.6. The molecule has 2 amide bonds. The minimum atomic E-state index is -5.90. The molecule has 0 spiro atoms. The second-order valence-corrected chi connectivity index (χ2v) is 21.3. The summed E-state index contributed by atoms with van der Waals surface area (Å²) >= 11 is 0. The van der Waals surface area contributed by atoms with E-state index in [4.69, 9.17) is 37.9 Å². The molecule has 0 radical (unpaired) electrons. The highest BCUT2D eigenvalue weighted by Gasteiger charge is 2.57. The Balaban J connectivity index is 1.47. The summed E-state index contributed by atoms with van der Waals surface area (Å²) in [5.74, 6) is -0.969. The highest BCUT2D eigenvalue weighted by molar-refractivity contribution is 7.81. The van der Waals surface area contributed by atoms with Gasteiger partial charge in [0.1, 0.15) is 97.6 Å². The summed E-state index contributed by atoms with van der Waals surface area (Å²) in [6.45, 7) is -1.90. The molecule has 78 heavy (non-hydrogen) atoms. The molecule has 4 saturated heterocycles. The van der Waals surface area contributed by atoms with Crippen molar-refractivity contribution in [1.82, 2.24) is 10.6 Å². The lowest BCUT2D eigenvalue weighted by Crippen LogP contribution is -2.70. The zero-order valence-corrected chi connectivity index (χ0v) is 44.7. The minimum absolute atomic E-state index is 0.303. The van der Waals surface area contributed by atoms with Gasteiger partial charge in [0.2, 0.25) is 33.1 Å². The molecule has 22 atom stereocenters. The number of rotatable bonds is 34. The summed E-state index contributed by atoms with van der Waals surface area (Å²) in [7, 11) is -11.6. The van der Waals surface area contributed by atoms with Gasteiger partial charge in [-0.05, 0) is 12.8 Å². The van der Waals surface area contributed by atoms with Crippen LogP contribution in [0.2, 0.25) is 0 Å². The fourth-order valence-corrected chi connectivity index (χ4v) is 10.4. The van der Waals surface area contributed by atoms with E-state index in [2.05, 4.69) is 25.9 Å². The van der Waals surface area contributed by atoms with E-state index in [0.717, 1.165) is 32.6 Å². The van der Waals surface area contributed by atoms with Crippen molar-refractivity contribution in [1.29, 1.82) is 0 Å². The first kappa shape index (κ1) is 68.2. The zero-order valence-electron chi connectivity index (χ0n) is 43.0. The SMILES string of the molecule is CCCCCCCCCCCCC/C=C/[C@@H](O)[C@H](CO[C@@H]1O[C@H](CO)[C@@H](O[C@@H]2O[C@H](CO)[C@H](O[C@@H]3O[C@H](CO)[C@H](O)[C@H](O[C@@H]4O[C@H](CO)[C@H](O)[C@H](OS(=O)(=O)[O-])[C@H]4O)[C@H]3NC(C)=O)[C@H](OS(=O)(=O)[O-])[C@H]2O)[C@H](O)[C@H]1O)NC=O. The summed E-state index contributed by atoms with van der Waals surface area (Å²) in [5.41, 5.74) is 0. The molecule has 456 valence electrons. The van der Waals surface area contributed by atoms with Crippen LogP contribution in [0.15, 0.2) is 12.2 Å². The lowest BCUT2D eigenvalue weighted by atomic mass is 9.94. The van der Waals surface area contributed by atoms with Crippen LogP contribution in [0.5, 0.6) is 0 Å². The van der Waals surface area contributed by atoms with Gasteiger partial charge in [0.25, 0.3) is 0 Å². The number of carbonyl (C=O) groups excluding carboxylic acids is 2. The number of carbonyl (C=O) groups is 2. The summed E-state index contributed by atoms with van der Waals surface area (Å²) in [6, 6.07) is -3.05. The number of amides is 2. The van der Waals surface area contributed by atoms with Crippen molar-refractivity contribution in [2.24, 2.45) is 0 Å². The van der Waals surface area contributed by atoms with Gasteiger partial charge in [-0.3, -0.25) is 18.0 Å². The first-order valence-corrected chi connectivity index (χ1v) is 28.4. The quantitative estimate of drug-likeness (QED) is 0.00938. The number of aliphatic hydroxyl groups is 11. The normalized spacial score (nSPS) is 36.8. The number of aliphatic hydroxyl groups excluding tert-OH is 11. The second kappa shape index (κ2) is 33.1. The van der Waals surface area contributed by atoms with Gasteiger partial charge in [-0.25, -0.2) is 16.8 Å². The van der Waals surface area contributed by atoms with E-state index in [-0.39, 0.29) is 0 Å². The van der Waals surface area contributed by atoms with E-state index in [9.17, 15) is 91.7 Å². The summed E-state index contributed by atoms with van der Waals surface area (Å²) < 4.78 is 125. The third-order valence-corrected chi connectivity index (χ3v) is 14.4. The van der Waals surface area contributed by atoms with Gasteiger partial charge in [-0.15, -0.1) is 0 Å². The monoisotopic (exact) mass is 1170 g/mol. The van der Waals surface area contributed by atoms with Crippen LogP contribution in [-0.2, 0) is 76.6 Å². The molecule has 0 aromatic carbocycles. The van der Waals surface area contributed by atoms with Crippen molar-refractivity contribution in [3.63, 3.8) is 0 Å². The Morgan fingerprint density at radius 1 is 0.577 bits per heavy atom. The first-order chi connectivity index (χ1) is 36.9. The third-order valence-electron chi connectivity index (χ3n) is 13.4. The number of allylic oxidation sites excluding steroid dienone is 1. The molecule has 33 heteroatoms. The molecule has 4 aliphatic heterocycles. The Bertz CT molecular complexity index is 2010. The van der Waals surface area contributed by atoms with Crippen molar-refractivity contribution >= 4 is 33.1 Å². The number of ether oxygens (including phenoxy) is 8. The Hall–Kier alpha value is -2.34. The molecule has 13 N–H and O–H groups in total. The molecule has 4 fully saturated rings. The number of unbranched alkanes of at least 4 members (excludes halogenated alkanes) is 11. The Labute approximate surface area is 451 Å². The molecule has 31 nitrogen and oxygen atoms in total. The van der Waals surface area contributed by atoms with E-state index in [1.54, 1.807) is 6.08 Å². The second-order valence-electron chi connectivity index (χ2n) is 19.3. The number of hydrogen-bond donors (Lipinski definition) is 13. The van der Waals surface area contributed by atoms with Crippen LogP contribution < -0.4 is 10.6 Å². The van der Waals surface area contributed by atoms with Crippen LogP contribution in [0, 0.1) is 0 Å². The first-order valence-electron chi connectivity index (χ1n) is 25.7. The van der Waals surface area contributed by atoms with Gasteiger partial charge in [0.05, 0.1) is 45.2 Å². The fraction of sp³-hybridized carbons (Fsp3) is 0.911. The van der Waals surface area contributed by atoms with Gasteiger partial charge < -0.3 is 114 Å². The van der Waals surface area contributed by atoms with Gasteiger partial charge in [-0.2, -0.15) is 0 Å². The Kier molecular flexibility index (Phi) is 28.9. The predicted octanol–water partition coefficient (Wildman–Crippen LogP) is -5.88. The number of nitrogens with one attached hydrogen (secondary N) is 2. The minimum Gasteiger partial charge on any atom is -0.726 e. The summed E-state index contributed by atoms with van der Waals surface area (Å²) in [5, 5.41) is 123. The highest BCUT2D eigenvalue weighted by atomic mass is 32.3. The smallest absolute Gasteiger partial charge is 0.218 e. The molecule has 0 aliphatic carbocycles. The summed E-state index contributed by atoms with van der Waals surface area (Å²) in [4.78, 5) is 24.1. The number of hydrogen-bond acceptors (Lipinski definition) is 29. The van der Waals surface area contributed by atoms with Crippen molar-refractivity contribution in [2.75, 3.05) is 33.0 Å². The van der Waals surface area contributed by atoms with E-state index >= 15 is 0 Å².